The average molecular weight is 356 g/mol. The van der Waals surface area contributed by atoms with Gasteiger partial charge < -0.3 is 15.3 Å². The molecule has 0 aliphatic carbocycles. The van der Waals surface area contributed by atoms with Crippen molar-refractivity contribution in [3.8, 4) is 5.75 Å². The standard InChI is InChI=1S/C20H24N2O4/c21-18(24)12-16(14-7-3-1-4-8-14)20-19(25)17(23)11-15(26-20)13-22-9-5-2-6-10-22/h1,3-4,7-8,11,16,25H,2,5-6,9-10,12-13H2,(H2,21,24)/t16-/m0/s1. The second-order valence-corrected chi connectivity index (χ2v) is 6.76. The van der Waals surface area contributed by atoms with Crippen LogP contribution in [0.25, 0.3) is 0 Å². The van der Waals surface area contributed by atoms with Crippen LogP contribution in [-0.4, -0.2) is 29.0 Å². The summed E-state index contributed by atoms with van der Waals surface area (Å²) in [6.07, 6.45) is 3.43. The zero-order valence-corrected chi connectivity index (χ0v) is 14.7. The van der Waals surface area contributed by atoms with Gasteiger partial charge in [0.1, 0.15) is 5.76 Å². The molecule has 1 atom stereocenters. The summed E-state index contributed by atoms with van der Waals surface area (Å²) in [4.78, 5) is 26.1. The minimum Gasteiger partial charge on any atom is -0.502 e. The minimum atomic E-state index is -0.595. The van der Waals surface area contributed by atoms with Gasteiger partial charge in [-0.15, -0.1) is 0 Å². The van der Waals surface area contributed by atoms with Crippen molar-refractivity contribution in [3.05, 3.63) is 63.7 Å². The third-order valence-electron chi connectivity index (χ3n) is 4.75. The van der Waals surface area contributed by atoms with E-state index in [9.17, 15) is 14.7 Å². The van der Waals surface area contributed by atoms with E-state index in [0.29, 0.717) is 12.3 Å². The van der Waals surface area contributed by atoms with Crippen LogP contribution in [0.3, 0.4) is 0 Å². The number of nitrogens with two attached hydrogens (primary N) is 1. The SMILES string of the molecule is NC(=O)C[C@@H](c1ccccc1)c1oc(CN2CCCCC2)cc(=O)c1O. The van der Waals surface area contributed by atoms with Crippen molar-refractivity contribution in [2.75, 3.05) is 13.1 Å². The number of likely N-dealkylation sites (tertiary alicyclic amines) is 1. The lowest BCUT2D eigenvalue weighted by Crippen LogP contribution is -2.29. The van der Waals surface area contributed by atoms with Gasteiger partial charge in [-0.1, -0.05) is 36.8 Å². The monoisotopic (exact) mass is 356 g/mol. The lowest BCUT2D eigenvalue weighted by molar-refractivity contribution is -0.118. The van der Waals surface area contributed by atoms with Crippen molar-refractivity contribution < 1.29 is 14.3 Å². The lowest BCUT2D eigenvalue weighted by Gasteiger charge is -2.26. The number of carbonyl (C=O) groups excluding carboxylic acids is 1. The predicted octanol–water partition coefficient (Wildman–Crippen LogP) is 2.34. The van der Waals surface area contributed by atoms with Crippen molar-refractivity contribution in [1.82, 2.24) is 4.90 Å². The van der Waals surface area contributed by atoms with Gasteiger partial charge in [0, 0.05) is 12.5 Å². The molecule has 26 heavy (non-hydrogen) atoms. The molecule has 6 heteroatoms. The highest BCUT2D eigenvalue weighted by atomic mass is 16.4. The van der Waals surface area contributed by atoms with Gasteiger partial charge in [-0.25, -0.2) is 0 Å². The summed E-state index contributed by atoms with van der Waals surface area (Å²) >= 11 is 0. The molecule has 3 rings (SSSR count). The van der Waals surface area contributed by atoms with Crippen LogP contribution in [-0.2, 0) is 11.3 Å². The Morgan fingerprint density at radius 3 is 2.54 bits per heavy atom. The Hall–Kier alpha value is -2.60. The van der Waals surface area contributed by atoms with Crippen LogP contribution in [0.2, 0.25) is 0 Å². The molecule has 138 valence electrons. The fourth-order valence-electron chi connectivity index (χ4n) is 3.46. The summed E-state index contributed by atoms with van der Waals surface area (Å²) in [5.74, 6) is -0.975. The molecule has 1 aliphatic rings. The van der Waals surface area contributed by atoms with Crippen LogP contribution < -0.4 is 11.2 Å². The van der Waals surface area contributed by atoms with E-state index in [2.05, 4.69) is 4.90 Å². The molecule has 0 radical (unpaired) electrons. The molecule has 1 amide bonds. The first-order valence-electron chi connectivity index (χ1n) is 8.96. The van der Waals surface area contributed by atoms with Crippen molar-refractivity contribution in [1.29, 1.82) is 0 Å². The summed E-state index contributed by atoms with van der Waals surface area (Å²) in [5.41, 5.74) is 5.66. The first kappa shape index (κ1) is 18.2. The molecule has 1 aromatic carbocycles. The summed E-state index contributed by atoms with van der Waals surface area (Å²) in [7, 11) is 0. The van der Waals surface area contributed by atoms with Crippen LogP contribution in [0.4, 0.5) is 0 Å². The van der Waals surface area contributed by atoms with E-state index in [-0.39, 0.29) is 12.2 Å². The number of rotatable bonds is 6. The van der Waals surface area contributed by atoms with Crippen LogP contribution in [0.1, 0.15) is 48.7 Å². The minimum absolute atomic E-state index is 0.0479. The number of aromatic hydroxyl groups is 1. The number of hydrogen-bond donors (Lipinski definition) is 2. The first-order chi connectivity index (χ1) is 12.5. The summed E-state index contributed by atoms with van der Waals surface area (Å²) in [6, 6.07) is 10.5. The highest BCUT2D eigenvalue weighted by Gasteiger charge is 2.25. The Labute approximate surface area is 152 Å². The van der Waals surface area contributed by atoms with E-state index in [1.165, 1.54) is 12.5 Å². The van der Waals surface area contributed by atoms with E-state index in [0.717, 1.165) is 31.5 Å². The largest absolute Gasteiger partial charge is 0.502 e. The van der Waals surface area contributed by atoms with Crippen molar-refractivity contribution in [3.63, 3.8) is 0 Å². The molecule has 0 saturated carbocycles. The molecular formula is C20H24N2O4. The second-order valence-electron chi connectivity index (χ2n) is 6.76. The van der Waals surface area contributed by atoms with E-state index in [1.54, 1.807) is 0 Å². The van der Waals surface area contributed by atoms with Crippen molar-refractivity contribution >= 4 is 5.91 Å². The zero-order chi connectivity index (χ0) is 18.5. The Morgan fingerprint density at radius 1 is 1.19 bits per heavy atom. The fraction of sp³-hybridized carbons (Fsp3) is 0.400. The highest BCUT2D eigenvalue weighted by molar-refractivity contribution is 5.75. The highest BCUT2D eigenvalue weighted by Crippen LogP contribution is 2.33. The van der Waals surface area contributed by atoms with E-state index < -0.39 is 23.0 Å². The molecule has 0 spiro atoms. The van der Waals surface area contributed by atoms with Gasteiger partial charge in [0.15, 0.2) is 5.76 Å². The molecular weight excluding hydrogens is 332 g/mol. The summed E-state index contributed by atoms with van der Waals surface area (Å²) < 4.78 is 5.91. The quantitative estimate of drug-likeness (QED) is 0.828. The third kappa shape index (κ3) is 4.32. The van der Waals surface area contributed by atoms with Gasteiger partial charge in [0.2, 0.25) is 17.1 Å². The number of carbonyl (C=O) groups is 1. The average Bonchev–Trinajstić information content (AvgIpc) is 2.64. The van der Waals surface area contributed by atoms with Gasteiger partial charge in [-0.05, 0) is 31.5 Å². The molecule has 1 fully saturated rings. The summed E-state index contributed by atoms with van der Waals surface area (Å²) in [6.45, 7) is 2.44. The number of amides is 1. The van der Waals surface area contributed by atoms with Crippen LogP contribution in [0.15, 0.2) is 45.6 Å². The van der Waals surface area contributed by atoms with Crippen LogP contribution in [0.5, 0.6) is 5.75 Å². The third-order valence-corrected chi connectivity index (χ3v) is 4.75. The molecule has 0 bridgehead atoms. The molecule has 6 nitrogen and oxygen atoms in total. The second kappa shape index (κ2) is 8.19. The Balaban J connectivity index is 1.97. The lowest BCUT2D eigenvalue weighted by atomic mass is 9.92. The Kier molecular flexibility index (Phi) is 5.73. The molecule has 2 aromatic rings. The predicted molar refractivity (Wildman–Crippen MR) is 97.9 cm³/mol. The van der Waals surface area contributed by atoms with Gasteiger partial charge in [0.05, 0.1) is 12.5 Å². The number of primary amides is 1. The number of benzene rings is 1. The molecule has 1 saturated heterocycles. The molecule has 1 aliphatic heterocycles. The maximum atomic E-state index is 12.3. The van der Waals surface area contributed by atoms with Crippen LogP contribution >= 0.6 is 0 Å². The Bertz CT molecular complexity index is 810. The molecule has 2 heterocycles. The maximum Gasteiger partial charge on any atom is 0.227 e. The number of nitrogens with zero attached hydrogens (tertiary/aromatic N) is 1. The van der Waals surface area contributed by atoms with Crippen LogP contribution in [0, 0.1) is 0 Å². The van der Waals surface area contributed by atoms with Gasteiger partial charge in [-0.2, -0.15) is 0 Å². The zero-order valence-electron chi connectivity index (χ0n) is 14.7. The van der Waals surface area contributed by atoms with Crippen molar-refractivity contribution in [2.45, 2.75) is 38.1 Å². The fourth-order valence-corrected chi connectivity index (χ4v) is 3.46. The van der Waals surface area contributed by atoms with Gasteiger partial charge in [0.25, 0.3) is 0 Å². The normalized spacial score (nSPS) is 16.3. The Morgan fingerprint density at radius 2 is 1.88 bits per heavy atom. The van der Waals surface area contributed by atoms with Gasteiger partial charge >= 0.3 is 0 Å². The maximum absolute atomic E-state index is 12.3. The van der Waals surface area contributed by atoms with E-state index in [4.69, 9.17) is 10.2 Å². The smallest absolute Gasteiger partial charge is 0.227 e. The van der Waals surface area contributed by atoms with Gasteiger partial charge in [-0.3, -0.25) is 14.5 Å². The topological polar surface area (TPSA) is 96.8 Å². The van der Waals surface area contributed by atoms with E-state index in [1.807, 2.05) is 30.3 Å². The molecule has 1 aromatic heterocycles. The number of hydrogen-bond acceptors (Lipinski definition) is 5. The van der Waals surface area contributed by atoms with Crippen molar-refractivity contribution in [2.24, 2.45) is 5.73 Å². The summed E-state index contributed by atoms with van der Waals surface area (Å²) in [5, 5.41) is 10.3. The molecule has 0 unspecified atom stereocenters. The van der Waals surface area contributed by atoms with E-state index >= 15 is 0 Å². The first-order valence-corrected chi connectivity index (χ1v) is 8.96. The number of piperidine rings is 1. The molecule has 3 N–H and O–H groups in total.